The van der Waals surface area contributed by atoms with Crippen LogP contribution >= 0.6 is 0 Å². The van der Waals surface area contributed by atoms with Crippen molar-refractivity contribution in [2.75, 3.05) is 19.6 Å². The minimum atomic E-state index is -0.416. The van der Waals surface area contributed by atoms with Crippen LogP contribution in [-0.4, -0.2) is 42.3 Å². The summed E-state index contributed by atoms with van der Waals surface area (Å²) >= 11 is 0. The minimum absolute atomic E-state index is 0.182. The van der Waals surface area contributed by atoms with Crippen molar-refractivity contribution in [3.8, 4) is 0 Å². The molecule has 1 N–H and O–H groups in total. The zero-order chi connectivity index (χ0) is 13.1. The van der Waals surface area contributed by atoms with E-state index in [9.17, 15) is 4.79 Å². The summed E-state index contributed by atoms with van der Waals surface area (Å²) < 4.78 is 5.46. The molecule has 100 valence electrons. The fraction of sp³-hybridized carbons (Fsp3) is 0.923. The molecule has 0 aromatic rings. The number of amides is 1. The van der Waals surface area contributed by atoms with Crippen molar-refractivity contribution in [1.82, 2.24) is 10.2 Å². The lowest BCUT2D eigenvalue weighted by Crippen LogP contribution is -2.51. The van der Waals surface area contributed by atoms with Crippen molar-refractivity contribution in [3.05, 3.63) is 0 Å². The van der Waals surface area contributed by atoms with Gasteiger partial charge in [-0.2, -0.15) is 0 Å². The highest BCUT2D eigenvalue weighted by molar-refractivity contribution is 5.68. The number of ether oxygens (including phenoxy) is 1. The second kappa shape index (κ2) is 5.71. The average Bonchev–Trinajstić information content (AvgIpc) is 2.19. The Kier molecular flexibility index (Phi) is 4.80. The fourth-order valence-corrected chi connectivity index (χ4v) is 2.28. The number of hydrogen-bond donors (Lipinski definition) is 1. The van der Waals surface area contributed by atoms with Gasteiger partial charge in [0.05, 0.1) is 0 Å². The van der Waals surface area contributed by atoms with E-state index in [0.29, 0.717) is 18.5 Å². The van der Waals surface area contributed by atoms with Gasteiger partial charge in [-0.05, 0) is 53.1 Å². The third kappa shape index (κ3) is 4.19. The van der Waals surface area contributed by atoms with Gasteiger partial charge in [-0.3, -0.25) is 0 Å². The molecule has 1 aliphatic rings. The van der Waals surface area contributed by atoms with Crippen molar-refractivity contribution in [2.45, 2.75) is 52.7 Å². The van der Waals surface area contributed by atoms with Crippen LogP contribution in [0.4, 0.5) is 4.79 Å². The lowest BCUT2D eigenvalue weighted by Gasteiger charge is -2.38. The highest BCUT2D eigenvalue weighted by Gasteiger charge is 2.31. The van der Waals surface area contributed by atoms with Gasteiger partial charge < -0.3 is 15.0 Å². The SMILES string of the molecule is CCN(C(=O)OC(C)(C)C)C1CCNCC1C. The maximum atomic E-state index is 12.1. The quantitative estimate of drug-likeness (QED) is 0.807. The topological polar surface area (TPSA) is 41.6 Å². The van der Waals surface area contributed by atoms with Gasteiger partial charge in [0.25, 0.3) is 0 Å². The molecule has 0 spiro atoms. The summed E-state index contributed by atoms with van der Waals surface area (Å²) in [5.74, 6) is 0.483. The summed E-state index contributed by atoms with van der Waals surface area (Å²) in [5, 5.41) is 3.35. The molecule has 1 aliphatic heterocycles. The first kappa shape index (κ1) is 14.3. The second-order valence-corrected chi connectivity index (χ2v) is 5.80. The third-order valence-corrected chi connectivity index (χ3v) is 3.11. The number of nitrogens with zero attached hydrogens (tertiary/aromatic N) is 1. The molecule has 2 atom stereocenters. The Bertz CT molecular complexity index is 261. The average molecular weight is 242 g/mol. The van der Waals surface area contributed by atoms with Crippen molar-refractivity contribution < 1.29 is 9.53 Å². The van der Waals surface area contributed by atoms with Crippen LogP contribution in [0.5, 0.6) is 0 Å². The van der Waals surface area contributed by atoms with E-state index in [1.54, 1.807) is 0 Å². The Morgan fingerprint density at radius 1 is 1.47 bits per heavy atom. The molecule has 0 aromatic heterocycles. The molecule has 1 rings (SSSR count). The van der Waals surface area contributed by atoms with Crippen LogP contribution in [0.15, 0.2) is 0 Å². The molecule has 4 nitrogen and oxygen atoms in total. The van der Waals surface area contributed by atoms with Crippen molar-refractivity contribution >= 4 is 6.09 Å². The molecule has 17 heavy (non-hydrogen) atoms. The lowest BCUT2D eigenvalue weighted by atomic mass is 9.94. The van der Waals surface area contributed by atoms with E-state index in [4.69, 9.17) is 4.74 Å². The van der Waals surface area contributed by atoms with E-state index in [1.165, 1.54) is 0 Å². The first-order valence-electron chi connectivity index (χ1n) is 6.55. The van der Waals surface area contributed by atoms with Crippen LogP contribution in [-0.2, 0) is 4.74 Å². The number of carbonyl (C=O) groups is 1. The van der Waals surface area contributed by atoms with Gasteiger partial charge >= 0.3 is 6.09 Å². The van der Waals surface area contributed by atoms with Gasteiger partial charge in [0.2, 0.25) is 0 Å². The first-order chi connectivity index (χ1) is 7.85. The highest BCUT2D eigenvalue weighted by atomic mass is 16.6. The van der Waals surface area contributed by atoms with E-state index >= 15 is 0 Å². The van der Waals surface area contributed by atoms with Crippen LogP contribution in [0.1, 0.15) is 41.0 Å². The van der Waals surface area contributed by atoms with Crippen molar-refractivity contribution in [2.24, 2.45) is 5.92 Å². The molecule has 0 bridgehead atoms. The number of hydrogen-bond acceptors (Lipinski definition) is 3. The monoisotopic (exact) mass is 242 g/mol. The van der Waals surface area contributed by atoms with E-state index < -0.39 is 5.60 Å². The Morgan fingerprint density at radius 3 is 2.59 bits per heavy atom. The van der Waals surface area contributed by atoms with E-state index in [0.717, 1.165) is 19.5 Å². The van der Waals surface area contributed by atoms with Gasteiger partial charge in [-0.15, -0.1) is 0 Å². The summed E-state index contributed by atoms with van der Waals surface area (Å²) in [6.07, 6.45) is 0.826. The molecular formula is C13H26N2O2. The molecule has 1 amide bonds. The van der Waals surface area contributed by atoms with Gasteiger partial charge in [-0.1, -0.05) is 6.92 Å². The van der Waals surface area contributed by atoms with E-state index in [2.05, 4.69) is 12.2 Å². The molecular weight excluding hydrogens is 216 g/mol. The molecule has 0 radical (unpaired) electrons. The Hall–Kier alpha value is -0.770. The van der Waals surface area contributed by atoms with Gasteiger partial charge in [0.15, 0.2) is 0 Å². The molecule has 2 unspecified atom stereocenters. The van der Waals surface area contributed by atoms with Crippen molar-refractivity contribution in [3.63, 3.8) is 0 Å². The van der Waals surface area contributed by atoms with Crippen LogP contribution in [0.25, 0.3) is 0 Å². The normalized spacial score (nSPS) is 25.5. The molecule has 0 aromatic carbocycles. The fourth-order valence-electron chi connectivity index (χ4n) is 2.28. The van der Waals surface area contributed by atoms with Crippen LogP contribution in [0, 0.1) is 5.92 Å². The molecule has 1 heterocycles. The second-order valence-electron chi connectivity index (χ2n) is 5.80. The Balaban J connectivity index is 2.66. The molecule has 4 heteroatoms. The van der Waals surface area contributed by atoms with E-state index in [-0.39, 0.29) is 6.09 Å². The summed E-state index contributed by atoms with van der Waals surface area (Å²) in [6, 6.07) is 0.302. The number of rotatable bonds is 2. The summed E-state index contributed by atoms with van der Waals surface area (Å²) in [6.45, 7) is 12.6. The zero-order valence-electron chi connectivity index (χ0n) is 11.7. The summed E-state index contributed by atoms with van der Waals surface area (Å²) in [4.78, 5) is 14.0. The zero-order valence-corrected chi connectivity index (χ0v) is 11.7. The minimum Gasteiger partial charge on any atom is -0.444 e. The standard InChI is InChI=1S/C13H26N2O2/c1-6-15(12(16)17-13(3,4)5)11-7-8-14-9-10(11)2/h10-11,14H,6-9H2,1-5H3. The van der Waals surface area contributed by atoms with Crippen LogP contribution < -0.4 is 5.32 Å². The van der Waals surface area contributed by atoms with Crippen LogP contribution in [0.3, 0.4) is 0 Å². The summed E-state index contributed by atoms with van der Waals surface area (Å²) in [5.41, 5.74) is -0.416. The van der Waals surface area contributed by atoms with Crippen LogP contribution in [0.2, 0.25) is 0 Å². The molecule has 1 fully saturated rings. The van der Waals surface area contributed by atoms with Crippen molar-refractivity contribution in [1.29, 1.82) is 0 Å². The largest absolute Gasteiger partial charge is 0.444 e. The van der Waals surface area contributed by atoms with Gasteiger partial charge in [-0.25, -0.2) is 4.79 Å². The number of carbonyl (C=O) groups excluding carboxylic acids is 1. The number of piperidine rings is 1. The Morgan fingerprint density at radius 2 is 2.12 bits per heavy atom. The first-order valence-corrected chi connectivity index (χ1v) is 6.55. The smallest absolute Gasteiger partial charge is 0.410 e. The Labute approximate surface area is 105 Å². The van der Waals surface area contributed by atoms with Gasteiger partial charge in [0.1, 0.15) is 5.60 Å². The highest BCUT2D eigenvalue weighted by Crippen LogP contribution is 2.20. The molecule has 0 saturated carbocycles. The van der Waals surface area contributed by atoms with E-state index in [1.807, 2.05) is 32.6 Å². The van der Waals surface area contributed by atoms with Gasteiger partial charge in [0, 0.05) is 12.6 Å². The summed E-state index contributed by atoms with van der Waals surface area (Å²) in [7, 11) is 0. The molecule has 0 aliphatic carbocycles. The lowest BCUT2D eigenvalue weighted by molar-refractivity contribution is 0.00823. The molecule has 1 saturated heterocycles. The maximum Gasteiger partial charge on any atom is 0.410 e. The third-order valence-electron chi connectivity index (χ3n) is 3.11. The maximum absolute atomic E-state index is 12.1. The predicted octanol–water partition coefficient (Wildman–Crippen LogP) is 2.24. The predicted molar refractivity (Wildman–Crippen MR) is 69.1 cm³/mol. The number of nitrogens with one attached hydrogen (secondary N) is 1.